The number of hydrazine groups is 1. The topological polar surface area (TPSA) is 67.4 Å². The van der Waals surface area contributed by atoms with Crippen molar-refractivity contribution < 1.29 is 14.3 Å². The van der Waals surface area contributed by atoms with Gasteiger partial charge in [-0.2, -0.15) is 0 Å². The van der Waals surface area contributed by atoms with E-state index in [1.165, 1.54) is 0 Å². The molecule has 2 aromatic rings. The molecule has 126 valence electrons. The van der Waals surface area contributed by atoms with Gasteiger partial charge in [0, 0.05) is 4.47 Å². The number of hydrogen-bond acceptors (Lipinski definition) is 3. The number of rotatable bonds is 6. The van der Waals surface area contributed by atoms with Gasteiger partial charge < -0.3 is 4.74 Å². The van der Waals surface area contributed by atoms with Crippen molar-refractivity contribution in [3.63, 3.8) is 0 Å². The van der Waals surface area contributed by atoms with Gasteiger partial charge in [0.2, 0.25) is 5.91 Å². The Morgan fingerprint density at radius 2 is 1.67 bits per heavy atom. The van der Waals surface area contributed by atoms with Crippen LogP contribution in [-0.4, -0.2) is 18.4 Å². The third kappa shape index (κ3) is 5.70. The molecule has 0 aliphatic heterocycles. The van der Waals surface area contributed by atoms with Crippen molar-refractivity contribution in [2.45, 2.75) is 19.8 Å². The van der Waals surface area contributed by atoms with Gasteiger partial charge in [0.05, 0.1) is 6.42 Å². The first-order valence-corrected chi connectivity index (χ1v) is 8.40. The minimum atomic E-state index is -0.412. The lowest BCUT2D eigenvalue weighted by Crippen LogP contribution is -2.44. The second-order valence-corrected chi connectivity index (χ2v) is 6.07. The molecule has 2 rings (SSSR count). The van der Waals surface area contributed by atoms with Crippen molar-refractivity contribution in [2.24, 2.45) is 0 Å². The maximum atomic E-state index is 11.8. The van der Waals surface area contributed by atoms with Crippen LogP contribution in [0, 0.1) is 0 Å². The molecule has 0 atom stereocenters. The van der Waals surface area contributed by atoms with E-state index >= 15 is 0 Å². The Balaban J connectivity index is 1.74. The zero-order valence-electron chi connectivity index (χ0n) is 13.3. The summed E-state index contributed by atoms with van der Waals surface area (Å²) in [5.41, 5.74) is 6.62. The van der Waals surface area contributed by atoms with Crippen LogP contribution < -0.4 is 15.6 Å². The highest BCUT2D eigenvalue weighted by atomic mass is 79.9. The van der Waals surface area contributed by atoms with Gasteiger partial charge in [-0.1, -0.05) is 53.2 Å². The van der Waals surface area contributed by atoms with E-state index in [0.717, 1.165) is 22.0 Å². The highest BCUT2D eigenvalue weighted by molar-refractivity contribution is 9.10. The highest BCUT2D eigenvalue weighted by Crippen LogP contribution is 2.17. The minimum Gasteiger partial charge on any atom is -0.483 e. The van der Waals surface area contributed by atoms with Gasteiger partial charge >= 0.3 is 0 Å². The number of carbonyl (C=O) groups is 2. The lowest BCUT2D eigenvalue weighted by Gasteiger charge is -2.11. The lowest BCUT2D eigenvalue weighted by atomic mass is 10.1. The van der Waals surface area contributed by atoms with Crippen LogP contribution in [0.3, 0.4) is 0 Å². The van der Waals surface area contributed by atoms with Crippen molar-refractivity contribution in [3.8, 4) is 5.75 Å². The summed E-state index contributed by atoms with van der Waals surface area (Å²) in [6, 6.07) is 15.0. The van der Waals surface area contributed by atoms with Gasteiger partial charge in [-0.25, -0.2) is 0 Å². The average molecular weight is 391 g/mol. The Morgan fingerprint density at radius 1 is 1.00 bits per heavy atom. The molecule has 0 heterocycles. The van der Waals surface area contributed by atoms with Gasteiger partial charge in [0.25, 0.3) is 5.91 Å². The highest BCUT2D eigenvalue weighted by Gasteiger charge is 2.08. The largest absolute Gasteiger partial charge is 0.483 e. The van der Waals surface area contributed by atoms with Gasteiger partial charge in [-0.05, 0) is 35.7 Å². The van der Waals surface area contributed by atoms with Gasteiger partial charge in [0.15, 0.2) is 6.61 Å². The van der Waals surface area contributed by atoms with Crippen molar-refractivity contribution in [1.29, 1.82) is 0 Å². The smallest absolute Gasteiger partial charge is 0.276 e. The van der Waals surface area contributed by atoms with E-state index in [4.69, 9.17) is 4.74 Å². The summed E-state index contributed by atoms with van der Waals surface area (Å²) in [5, 5.41) is 0. The van der Waals surface area contributed by atoms with Crippen molar-refractivity contribution >= 4 is 27.7 Å². The number of carbonyl (C=O) groups excluding carboxylic acids is 2. The summed E-state index contributed by atoms with van der Waals surface area (Å²) in [5.74, 6) is -0.0268. The van der Waals surface area contributed by atoms with Crippen LogP contribution >= 0.6 is 15.9 Å². The van der Waals surface area contributed by atoms with Crippen LogP contribution in [0.2, 0.25) is 0 Å². The molecular formula is C18H19BrN2O3. The molecule has 0 aliphatic rings. The van der Waals surface area contributed by atoms with Crippen LogP contribution in [0.1, 0.15) is 18.1 Å². The summed E-state index contributed by atoms with van der Waals surface area (Å²) >= 11 is 3.34. The summed E-state index contributed by atoms with van der Waals surface area (Å²) < 4.78 is 6.43. The van der Waals surface area contributed by atoms with E-state index in [1.54, 1.807) is 0 Å². The van der Waals surface area contributed by atoms with Crippen molar-refractivity contribution in [1.82, 2.24) is 10.9 Å². The molecule has 0 aliphatic carbocycles. The molecule has 2 N–H and O–H groups in total. The van der Waals surface area contributed by atoms with Crippen LogP contribution in [0.4, 0.5) is 0 Å². The number of benzene rings is 2. The van der Waals surface area contributed by atoms with Crippen LogP contribution in [0.15, 0.2) is 53.0 Å². The van der Waals surface area contributed by atoms with Gasteiger partial charge in [-0.3, -0.25) is 20.4 Å². The fraction of sp³-hybridized carbons (Fsp3) is 0.222. The number of nitrogens with one attached hydrogen (secondary N) is 2. The number of amides is 2. The number of para-hydroxylation sites is 1. The first-order chi connectivity index (χ1) is 11.6. The molecule has 0 fully saturated rings. The SMILES string of the molecule is CCc1ccccc1OCC(=O)NNC(=O)Cc1ccc(Br)cc1. The van der Waals surface area contributed by atoms with E-state index < -0.39 is 5.91 Å². The van der Waals surface area contributed by atoms with E-state index in [0.29, 0.717) is 5.75 Å². The number of aryl methyl sites for hydroxylation is 1. The predicted octanol–water partition coefficient (Wildman–Crippen LogP) is 2.78. The van der Waals surface area contributed by atoms with Crippen LogP contribution in [0.25, 0.3) is 0 Å². The first kappa shape index (κ1) is 18.0. The average Bonchev–Trinajstić information content (AvgIpc) is 2.60. The van der Waals surface area contributed by atoms with Crippen molar-refractivity contribution in [3.05, 3.63) is 64.1 Å². The maximum absolute atomic E-state index is 11.8. The molecule has 2 aromatic carbocycles. The predicted molar refractivity (Wildman–Crippen MR) is 95.4 cm³/mol. The fourth-order valence-electron chi connectivity index (χ4n) is 2.09. The maximum Gasteiger partial charge on any atom is 0.276 e. The summed E-state index contributed by atoms with van der Waals surface area (Å²) in [6.07, 6.45) is 1.01. The molecule has 0 bridgehead atoms. The van der Waals surface area contributed by atoms with Crippen molar-refractivity contribution in [2.75, 3.05) is 6.61 Å². The third-order valence-corrected chi connectivity index (χ3v) is 3.86. The molecular weight excluding hydrogens is 372 g/mol. The second kappa shape index (κ2) is 9.08. The number of halogens is 1. The molecule has 2 amide bonds. The Kier molecular flexibility index (Phi) is 6.81. The molecule has 5 nitrogen and oxygen atoms in total. The lowest BCUT2D eigenvalue weighted by molar-refractivity contribution is -0.129. The van der Waals surface area contributed by atoms with E-state index in [-0.39, 0.29) is 18.9 Å². The second-order valence-electron chi connectivity index (χ2n) is 5.15. The van der Waals surface area contributed by atoms with Crippen LogP contribution in [0.5, 0.6) is 5.75 Å². The third-order valence-electron chi connectivity index (χ3n) is 3.33. The zero-order chi connectivity index (χ0) is 17.4. The van der Waals surface area contributed by atoms with E-state index in [1.807, 2.05) is 55.5 Å². The quantitative estimate of drug-likeness (QED) is 0.745. The zero-order valence-corrected chi connectivity index (χ0v) is 14.9. The summed E-state index contributed by atoms with van der Waals surface area (Å²) in [7, 11) is 0. The Morgan fingerprint density at radius 3 is 2.38 bits per heavy atom. The number of hydrogen-bond donors (Lipinski definition) is 2. The molecule has 24 heavy (non-hydrogen) atoms. The molecule has 6 heteroatoms. The summed E-state index contributed by atoms with van der Waals surface area (Å²) in [6.45, 7) is 1.86. The Hall–Kier alpha value is -2.34. The minimum absolute atomic E-state index is 0.157. The summed E-state index contributed by atoms with van der Waals surface area (Å²) in [4.78, 5) is 23.6. The van der Waals surface area contributed by atoms with Gasteiger partial charge in [0.1, 0.15) is 5.75 Å². The molecule has 0 saturated carbocycles. The normalized spacial score (nSPS) is 10.1. The van der Waals surface area contributed by atoms with Gasteiger partial charge in [-0.15, -0.1) is 0 Å². The molecule has 0 radical (unpaired) electrons. The molecule has 0 spiro atoms. The molecule has 0 unspecified atom stereocenters. The first-order valence-electron chi connectivity index (χ1n) is 7.61. The van der Waals surface area contributed by atoms with Crippen LogP contribution in [-0.2, 0) is 22.4 Å². The molecule has 0 saturated heterocycles. The fourth-order valence-corrected chi connectivity index (χ4v) is 2.35. The Bertz CT molecular complexity index is 702. The Labute approximate surface area is 149 Å². The standard InChI is InChI=1S/C18H19BrN2O3/c1-2-14-5-3-4-6-16(14)24-12-18(23)21-20-17(22)11-13-7-9-15(19)10-8-13/h3-10H,2,11-12H2,1H3,(H,20,22)(H,21,23). The van der Waals surface area contributed by atoms with E-state index in [2.05, 4.69) is 26.8 Å². The number of ether oxygens (including phenoxy) is 1. The van der Waals surface area contributed by atoms with E-state index in [9.17, 15) is 9.59 Å². The molecule has 0 aromatic heterocycles. The monoisotopic (exact) mass is 390 g/mol.